The highest BCUT2D eigenvalue weighted by Crippen LogP contribution is 2.33. The van der Waals surface area contributed by atoms with Gasteiger partial charge in [-0.15, -0.1) is 5.10 Å². The summed E-state index contributed by atoms with van der Waals surface area (Å²) >= 11 is 0. The lowest BCUT2D eigenvalue weighted by Gasteiger charge is -2.33. The molecule has 2 fully saturated rings. The minimum absolute atomic E-state index is 0.0845. The van der Waals surface area contributed by atoms with Crippen LogP contribution < -0.4 is 4.90 Å². The summed E-state index contributed by atoms with van der Waals surface area (Å²) < 4.78 is 11.5. The summed E-state index contributed by atoms with van der Waals surface area (Å²) in [6.45, 7) is 3.61. The molecule has 1 aromatic rings. The fraction of sp³-hybridized carbons (Fsp3) is 0.800. The van der Waals surface area contributed by atoms with E-state index >= 15 is 0 Å². The number of carbonyl (C=O) groups excluding carboxylic acids is 1. The van der Waals surface area contributed by atoms with E-state index in [9.17, 15) is 4.79 Å². The van der Waals surface area contributed by atoms with E-state index in [1.54, 1.807) is 25.9 Å². The average molecular weight is 308 g/mol. The zero-order chi connectivity index (χ0) is 15.7. The van der Waals surface area contributed by atoms with Gasteiger partial charge in [-0.3, -0.25) is 4.79 Å². The first-order valence-electron chi connectivity index (χ1n) is 7.96. The summed E-state index contributed by atoms with van der Waals surface area (Å²) in [5.74, 6) is 1.20. The van der Waals surface area contributed by atoms with Crippen LogP contribution in [0.3, 0.4) is 0 Å². The van der Waals surface area contributed by atoms with Crippen molar-refractivity contribution in [2.45, 2.75) is 44.8 Å². The molecule has 2 aliphatic heterocycles. The second-order valence-corrected chi connectivity index (χ2v) is 6.40. The average Bonchev–Trinajstić information content (AvgIpc) is 3.15. The molecule has 2 atom stereocenters. The summed E-state index contributed by atoms with van der Waals surface area (Å²) in [7, 11) is 3.56. The fourth-order valence-corrected chi connectivity index (χ4v) is 3.36. The molecule has 2 aliphatic rings. The van der Waals surface area contributed by atoms with Crippen molar-refractivity contribution in [3.63, 3.8) is 0 Å². The third-order valence-corrected chi connectivity index (χ3v) is 4.62. The number of ether oxygens (including phenoxy) is 1. The van der Waals surface area contributed by atoms with Gasteiger partial charge in [0, 0.05) is 34.1 Å². The Bertz CT molecular complexity index is 523. The molecule has 1 aromatic heterocycles. The molecule has 3 heterocycles. The molecule has 2 saturated heterocycles. The van der Waals surface area contributed by atoms with E-state index in [-0.39, 0.29) is 18.1 Å². The lowest BCUT2D eigenvalue weighted by Crippen LogP contribution is -2.39. The molecular formula is C15H24N4O3. The van der Waals surface area contributed by atoms with Gasteiger partial charge in [0.05, 0.1) is 6.10 Å². The number of likely N-dealkylation sites (N-methyl/N-ethyl adjacent to an activating group) is 1. The van der Waals surface area contributed by atoms with Gasteiger partial charge in [-0.25, -0.2) is 0 Å². The molecule has 0 aromatic carbocycles. The summed E-state index contributed by atoms with van der Waals surface area (Å²) in [6.07, 6.45) is 3.85. The lowest BCUT2D eigenvalue weighted by molar-refractivity contribution is -0.141. The number of aryl methyl sites for hydroxylation is 1. The summed E-state index contributed by atoms with van der Waals surface area (Å²) in [5, 5.41) is 7.95. The molecular weight excluding hydrogens is 284 g/mol. The Balaban J connectivity index is 1.51. The molecule has 0 radical (unpaired) electrons. The molecule has 7 nitrogen and oxygen atoms in total. The molecule has 3 rings (SSSR count). The van der Waals surface area contributed by atoms with Gasteiger partial charge in [-0.05, 0) is 31.6 Å². The SMILES string of the molecule is Cc1nnc(N2CCC([C@@H]3CC[C@H](C(=O)N(C)C)O3)CC2)o1. The van der Waals surface area contributed by atoms with E-state index in [0.717, 1.165) is 38.8 Å². The number of piperidine rings is 1. The van der Waals surface area contributed by atoms with Crippen molar-refractivity contribution < 1.29 is 13.9 Å². The van der Waals surface area contributed by atoms with Crippen molar-refractivity contribution in [2.75, 3.05) is 32.1 Å². The quantitative estimate of drug-likeness (QED) is 0.836. The van der Waals surface area contributed by atoms with Crippen LogP contribution in [-0.2, 0) is 9.53 Å². The zero-order valence-corrected chi connectivity index (χ0v) is 13.5. The Labute approximate surface area is 130 Å². The number of hydrogen-bond donors (Lipinski definition) is 0. The smallest absolute Gasteiger partial charge is 0.318 e. The lowest BCUT2D eigenvalue weighted by atomic mass is 9.90. The molecule has 0 unspecified atom stereocenters. The van der Waals surface area contributed by atoms with Crippen molar-refractivity contribution in [1.82, 2.24) is 15.1 Å². The number of hydrogen-bond acceptors (Lipinski definition) is 6. The number of carbonyl (C=O) groups is 1. The molecule has 0 spiro atoms. The van der Waals surface area contributed by atoms with E-state index in [1.807, 2.05) is 0 Å². The highest BCUT2D eigenvalue weighted by Gasteiger charge is 2.37. The van der Waals surface area contributed by atoms with Gasteiger partial charge >= 0.3 is 6.01 Å². The number of aromatic nitrogens is 2. The molecule has 1 amide bonds. The molecule has 22 heavy (non-hydrogen) atoms. The molecule has 7 heteroatoms. The maximum Gasteiger partial charge on any atom is 0.318 e. The van der Waals surface area contributed by atoms with Crippen LogP contribution in [0.4, 0.5) is 6.01 Å². The van der Waals surface area contributed by atoms with Crippen LogP contribution in [0.2, 0.25) is 0 Å². The van der Waals surface area contributed by atoms with Gasteiger partial charge in [0.1, 0.15) is 6.10 Å². The second-order valence-electron chi connectivity index (χ2n) is 6.40. The van der Waals surface area contributed by atoms with E-state index in [0.29, 0.717) is 17.8 Å². The standard InChI is InChI=1S/C15H24N4O3/c1-10-16-17-15(21-10)19-8-6-11(7-9-19)12-4-5-13(22-12)14(20)18(2)3/h11-13H,4-9H2,1-3H3/t12-,13+/m0/s1. The normalized spacial score (nSPS) is 26.4. The summed E-state index contributed by atoms with van der Waals surface area (Å²) in [4.78, 5) is 15.7. The molecule has 122 valence electrons. The van der Waals surface area contributed by atoms with Gasteiger partial charge in [0.2, 0.25) is 5.89 Å². The second kappa shape index (κ2) is 6.24. The third-order valence-electron chi connectivity index (χ3n) is 4.62. The van der Waals surface area contributed by atoms with Gasteiger partial charge in [0.15, 0.2) is 0 Å². The van der Waals surface area contributed by atoms with Crippen LogP contribution in [-0.4, -0.2) is 60.4 Å². The van der Waals surface area contributed by atoms with Crippen LogP contribution in [0.15, 0.2) is 4.42 Å². The van der Waals surface area contributed by atoms with Crippen LogP contribution in [0.5, 0.6) is 0 Å². The summed E-state index contributed by atoms with van der Waals surface area (Å²) in [6, 6.07) is 0.615. The highest BCUT2D eigenvalue weighted by atomic mass is 16.5. The first-order valence-corrected chi connectivity index (χ1v) is 7.96. The topological polar surface area (TPSA) is 71.7 Å². The first-order chi connectivity index (χ1) is 10.5. The Morgan fingerprint density at radius 3 is 2.50 bits per heavy atom. The van der Waals surface area contributed by atoms with Crippen molar-refractivity contribution in [3.8, 4) is 0 Å². The Hall–Kier alpha value is -1.63. The van der Waals surface area contributed by atoms with E-state index < -0.39 is 0 Å². The highest BCUT2D eigenvalue weighted by molar-refractivity contribution is 5.80. The van der Waals surface area contributed by atoms with E-state index in [1.165, 1.54) is 0 Å². The molecule has 0 N–H and O–H groups in total. The number of rotatable bonds is 3. The Kier molecular flexibility index (Phi) is 4.33. The predicted octanol–water partition coefficient (Wildman–Crippen LogP) is 1.23. The predicted molar refractivity (Wildman–Crippen MR) is 80.6 cm³/mol. The van der Waals surface area contributed by atoms with Gasteiger partial charge in [0.25, 0.3) is 5.91 Å². The molecule has 0 saturated carbocycles. The molecule has 0 aliphatic carbocycles. The largest absolute Gasteiger partial charge is 0.408 e. The van der Waals surface area contributed by atoms with Crippen LogP contribution in [0.1, 0.15) is 31.6 Å². The van der Waals surface area contributed by atoms with E-state index in [2.05, 4.69) is 15.1 Å². The van der Waals surface area contributed by atoms with Crippen molar-refractivity contribution in [1.29, 1.82) is 0 Å². The monoisotopic (exact) mass is 308 g/mol. The van der Waals surface area contributed by atoms with E-state index in [4.69, 9.17) is 9.15 Å². The van der Waals surface area contributed by atoms with Crippen LogP contribution >= 0.6 is 0 Å². The maximum absolute atomic E-state index is 12.0. The molecule has 0 bridgehead atoms. The number of nitrogens with zero attached hydrogens (tertiary/aromatic N) is 4. The van der Waals surface area contributed by atoms with Gasteiger partial charge in [-0.2, -0.15) is 0 Å². The number of amides is 1. The maximum atomic E-state index is 12.0. The fourth-order valence-electron chi connectivity index (χ4n) is 3.36. The van der Waals surface area contributed by atoms with Crippen LogP contribution in [0.25, 0.3) is 0 Å². The first kappa shape index (κ1) is 15.3. The van der Waals surface area contributed by atoms with Gasteiger partial charge < -0.3 is 19.0 Å². The Morgan fingerprint density at radius 1 is 1.18 bits per heavy atom. The third kappa shape index (κ3) is 3.09. The Morgan fingerprint density at radius 2 is 1.91 bits per heavy atom. The van der Waals surface area contributed by atoms with Crippen molar-refractivity contribution >= 4 is 11.9 Å². The van der Waals surface area contributed by atoms with Crippen molar-refractivity contribution in [2.24, 2.45) is 5.92 Å². The zero-order valence-electron chi connectivity index (χ0n) is 13.5. The van der Waals surface area contributed by atoms with Gasteiger partial charge in [-0.1, -0.05) is 5.10 Å². The minimum atomic E-state index is -0.253. The number of anilines is 1. The summed E-state index contributed by atoms with van der Waals surface area (Å²) in [5.41, 5.74) is 0. The minimum Gasteiger partial charge on any atom is -0.408 e. The van der Waals surface area contributed by atoms with Crippen LogP contribution in [0, 0.1) is 12.8 Å². The van der Waals surface area contributed by atoms with Crippen molar-refractivity contribution in [3.05, 3.63) is 5.89 Å².